The van der Waals surface area contributed by atoms with Gasteiger partial charge in [0, 0.05) is 11.6 Å². The van der Waals surface area contributed by atoms with Crippen LogP contribution in [0.4, 0.5) is 0 Å². The molecule has 0 saturated heterocycles. The number of carboxylic acids is 1. The van der Waals surface area contributed by atoms with Crippen LogP contribution in [0.1, 0.15) is 41.2 Å². The molecule has 0 amide bonds. The molecule has 5 nitrogen and oxygen atoms in total. The van der Waals surface area contributed by atoms with E-state index < -0.39 is 5.97 Å². The summed E-state index contributed by atoms with van der Waals surface area (Å²) in [4.78, 5) is 16.3. The lowest BCUT2D eigenvalue weighted by Crippen LogP contribution is -2.12. The van der Waals surface area contributed by atoms with Crippen LogP contribution in [-0.4, -0.2) is 20.6 Å². The van der Waals surface area contributed by atoms with Crippen LogP contribution >= 0.6 is 0 Å². The molecule has 1 aliphatic carbocycles. The normalized spacial score (nSPS) is 15.7. The Balaban J connectivity index is 1.49. The standard InChI is InChI=1S/C27H24N2O3/c30-27(31)21-13-16-25-24(17-21)28-26(29(25)22-9-5-2-6-10-22)20-11-14-23(15-12-20)32-18-19-7-3-1-4-8-19/h1-5,7-8,11-17,22H,6,9-10,18H2,(H,30,31). The molecular weight excluding hydrogens is 400 g/mol. The number of hydrogen-bond donors (Lipinski definition) is 1. The van der Waals surface area contributed by atoms with E-state index in [0.717, 1.165) is 47.5 Å². The molecule has 32 heavy (non-hydrogen) atoms. The highest BCUT2D eigenvalue weighted by molar-refractivity contribution is 5.93. The van der Waals surface area contributed by atoms with Gasteiger partial charge in [-0.2, -0.15) is 0 Å². The smallest absolute Gasteiger partial charge is 0.335 e. The molecule has 1 aliphatic rings. The van der Waals surface area contributed by atoms with Gasteiger partial charge in [-0.05, 0) is 67.3 Å². The lowest BCUT2D eigenvalue weighted by molar-refractivity contribution is 0.0697. The summed E-state index contributed by atoms with van der Waals surface area (Å²) in [5, 5.41) is 9.39. The van der Waals surface area contributed by atoms with Crippen molar-refractivity contribution in [2.24, 2.45) is 0 Å². The second-order valence-electron chi connectivity index (χ2n) is 8.05. The number of imidazole rings is 1. The molecule has 160 valence electrons. The van der Waals surface area contributed by atoms with Gasteiger partial charge in [-0.3, -0.25) is 0 Å². The van der Waals surface area contributed by atoms with Crippen LogP contribution in [0.2, 0.25) is 0 Å². The van der Waals surface area contributed by atoms with Crippen molar-refractivity contribution in [2.45, 2.75) is 31.9 Å². The molecule has 1 N–H and O–H groups in total. The zero-order chi connectivity index (χ0) is 21.9. The van der Waals surface area contributed by atoms with Gasteiger partial charge >= 0.3 is 5.97 Å². The fraction of sp³-hybridized carbons (Fsp3) is 0.185. The summed E-state index contributed by atoms with van der Waals surface area (Å²) in [6.07, 6.45) is 7.45. The molecule has 4 aromatic rings. The van der Waals surface area contributed by atoms with E-state index in [9.17, 15) is 9.90 Å². The van der Waals surface area contributed by atoms with Crippen molar-refractivity contribution in [1.29, 1.82) is 0 Å². The maximum absolute atomic E-state index is 11.5. The monoisotopic (exact) mass is 424 g/mol. The number of carboxylic acid groups (broad SMARTS) is 1. The average molecular weight is 425 g/mol. The fourth-order valence-corrected chi connectivity index (χ4v) is 4.26. The van der Waals surface area contributed by atoms with Gasteiger partial charge in [0.2, 0.25) is 0 Å². The van der Waals surface area contributed by atoms with Crippen molar-refractivity contribution in [3.63, 3.8) is 0 Å². The maximum Gasteiger partial charge on any atom is 0.335 e. The Hall–Kier alpha value is -3.86. The third-order valence-electron chi connectivity index (χ3n) is 5.90. The van der Waals surface area contributed by atoms with Gasteiger partial charge in [0.15, 0.2) is 0 Å². The predicted octanol–water partition coefficient (Wildman–Crippen LogP) is 6.26. The molecule has 1 unspecified atom stereocenters. The first-order valence-electron chi connectivity index (χ1n) is 10.9. The van der Waals surface area contributed by atoms with Crippen LogP contribution in [0.5, 0.6) is 5.75 Å². The first kappa shape index (κ1) is 20.1. The molecular formula is C27H24N2O3. The maximum atomic E-state index is 11.5. The molecule has 0 spiro atoms. The molecule has 0 saturated carbocycles. The third kappa shape index (κ3) is 4.02. The first-order valence-corrected chi connectivity index (χ1v) is 10.9. The number of carbonyl (C=O) groups is 1. The van der Waals surface area contributed by atoms with Crippen LogP contribution in [0.3, 0.4) is 0 Å². The van der Waals surface area contributed by atoms with Gasteiger partial charge < -0.3 is 14.4 Å². The third-order valence-corrected chi connectivity index (χ3v) is 5.90. The minimum absolute atomic E-state index is 0.252. The Labute approximate surface area is 186 Å². The summed E-state index contributed by atoms with van der Waals surface area (Å²) in [6, 6.07) is 23.5. The molecule has 0 aliphatic heterocycles. The quantitative estimate of drug-likeness (QED) is 0.371. The molecule has 3 aromatic carbocycles. The van der Waals surface area contributed by atoms with Crippen LogP contribution in [-0.2, 0) is 6.61 Å². The van der Waals surface area contributed by atoms with Crippen molar-refractivity contribution in [1.82, 2.24) is 9.55 Å². The van der Waals surface area contributed by atoms with Gasteiger partial charge in [-0.25, -0.2) is 9.78 Å². The van der Waals surface area contributed by atoms with Crippen LogP contribution in [0, 0.1) is 0 Å². The Morgan fingerprint density at radius 1 is 1.03 bits per heavy atom. The predicted molar refractivity (Wildman–Crippen MR) is 125 cm³/mol. The number of aromatic carboxylic acids is 1. The molecule has 0 fully saturated rings. The van der Waals surface area contributed by atoms with Gasteiger partial charge in [0.25, 0.3) is 0 Å². The molecule has 0 radical (unpaired) electrons. The zero-order valence-electron chi connectivity index (χ0n) is 17.6. The Kier molecular flexibility index (Phi) is 5.46. The average Bonchev–Trinajstić information content (AvgIpc) is 3.23. The van der Waals surface area contributed by atoms with Gasteiger partial charge in [-0.1, -0.05) is 42.5 Å². The second kappa shape index (κ2) is 8.71. The number of rotatable bonds is 6. The van der Waals surface area contributed by atoms with E-state index in [1.165, 1.54) is 0 Å². The number of benzene rings is 3. The summed E-state index contributed by atoms with van der Waals surface area (Å²) < 4.78 is 8.20. The Bertz CT molecular complexity index is 1270. The molecule has 5 heteroatoms. The summed E-state index contributed by atoms with van der Waals surface area (Å²) >= 11 is 0. The van der Waals surface area contributed by atoms with E-state index in [1.807, 2.05) is 60.7 Å². The lowest BCUT2D eigenvalue weighted by atomic mass is 10.0. The van der Waals surface area contributed by atoms with E-state index in [2.05, 4.69) is 16.7 Å². The van der Waals surface area contributed by atoms with Gasteiger partial charge in [0.1, 0.15) is 18.2 Å². The number of fused-ring (bicyclic) bond motifs is 1. The van der Waals surface area contributed by atoms with E-state index in [0.29, 0.717) is 18.2 Å². The molecule has 0 bridgehead atoms. The highest BCUT2D eigenvalue weighted by atomic mass is 16.5. The second-order valence-corrected chi connectivity index (χ2v) is 8.05. The Morgan fingerprint density at radius 3 is 2.56 bits per heavy atom. The number of allylic oxidation sites excluding steroid dienone is 2. The number of ether oxygens (including phenoxy) is 1. The summed E-state index contributed by atoms with van der Waals surface area (Å²) in [5.41, 5.74) is 4.04. The van der Waals surface area contributed by atoms with Crippen LogP contribution in [0.15, 0.2) is 84.9 Å². The Morgan fingerprint density at radius 2 is 1.84 bits per heavy atom. The molecule has 5 rings (SSSR count). The summed E-state index contributed by atoms with van der Waals surface area (Å²) in [7, 11) is 0. The lowest BCUT2D eigenvalue weighted by Gasteiger charge is -2.23. The van der Waals surface area contributed by atoms with E-state index in [4.69, 9.17) is 9.72 Å². The minimum Gasteiger partial charge on any atom is -0.489 e. The van der Waals surface area contributed by atoms with Crippen molar-refractivity contribution in [2.75, 3.05) is 0 Å². The number of aromatic nitrogens is 2. The van der Waals surface area contributed by atoms with Crippen molar-refractivity contribution >= 4 is 17.0 Å². The topological polar surface area (TPSA) is 64.3 Å². The van der Waals surface area contributed by atoms with Crippen LogP contribution in [0.25, 0.3) is 22.4 Å². The summed E-state index contributed by atoms with van der Waals surface area (Å²) in [6.45, 7) is 0.519. The molecule has 1 heterocycles. The van der Waals surface area contributed by atoms with E-state index in [-0.39, 0.29) is 5.56 Å². The number of nitrogens with zero attached hydrogens (tertiary/aromatic N) is 2. The largest absolute Gasteiger partial charge is 0.489 e. The SMILES string of the molecule is O=C(O)c1ccc2c(c1)nc(-c1ccc(OCc3ccccc3)cc1)n2C1CC=CCC1. The van der Waals surface area contributed by atoms with Crippen molar-refractivity contribution < 1.29 is 14.6 Å². The zero-order valence-corrected chi connectivity index (χ0v) is 17.6. The summed E-state index contributed by atoms with van der Waals surface area (Å²) in [5.74, 6) is 0.718. The molecule has 1 atom stereocenters. The van der Waals surface area contributed by atoms with E-state index >= 15 is 0 Å². The van der Waals surface area contributed by atoms with Crippen LogP contribution < -0.4 is 4.74 Å². The van der Waals surface area contributed by atoms with Gasteiger partial charge in [0.05, 0.1) is 16.6 Å². The number of hydrogen-bond acceptors (Lipinski definition) is 3. The van der Waals surface area contributed by atoms with Crippen molar-refractivity contribution in [3.05, 3.63) is 96.1 Å². The van der Waals surface area contributed by atoms with Crippen molar-refractivity contribution in [3.8, 4) is 17.1 Å². The highest BCUT2D eigenvalue weighted by Gasteiger charge is 2.21. The van der Waals surface area contributed by atoms with E-state index in [1.54, 1.807) is 12.1 Å². The first-order chi connectivity index (χ1) is 15.7. The minimum atomic E-state index is -0.941. The van der Waals surface area contributed by atoms with Gasteiger partial charge in [-0.15, -0.1) is 0 Å². The highest BCUT2D eigenvalue weighted by Crippen LogP contribution is 2.35. The fourth-order valence-electron chi connectivity index (χ4n) is 4.26. The molecule has 1 aromatic heterocycles.